The topological polar surface area (TPSA) is 198 Å². The first kappa shape index (κ1) is 27.3. The Balaban J connectivity index is 1.45. The van der Waals surface area contributed by atoms with Crippen molar-refractivity contribution in [1.29, 1.82) is 0 Å². The monoisotopic (exact) mass is 502 g/mol. The maximum atomic E-state index is 11.5. The van der Waals surface area contributed by atoms with Crippen LogP contribution in [0.3, 0.4) is 0 Å². The molecule has 0 atom stereocenters. The predicted octanol–water partition coefficient (Wildman–Crippen LogP) is -2.29. The van der Waals surface area contributed by atoms with Gasteiger partial charge in [0.2, 0.25) is 0 Å². The minimum atomic E-state index is -0.989. The lowest BCUT2D eigenvalue weighted by atomic mass is 10.4. The normalized spacial score (nSPS) is 15.4. The number of amides is 4. The van der Waals surface area contributed by atoms with Crippen molar-refractivity contribution in [2.75, 3.05) is 39.6 Å². The van der Waals surface area contributed by atoms with Crippen LogP contribution in [0.4, 0.5) is 0 Å². The van der Waals surface area contributed by atoms with Crippen molar-refractivity contribution in [2.45, 2.75) is 32.1 Å². The van der Waals surface area contributed by atoms with Crippen LogP contribution in [0.2, 0.25) is 0 Å². The summed E-state index contributed by atoms with van der Waals surface area (Å²) in [4.78, 5) is 100. The number of nitrogens with zero attached hydrogens (tertiary/aromatic N) is 2. The molecule has 2 aliphatic heterocycles. The highest BCUT2D eigenvalue weighted by molar-refractivity contribution is 6.02. The molecule has 0 aromatic heterocycles. The van der Waals surface area contributed by atoms with Crippen LogP contribution in [0.25, 0.3) is 0 Å². The number of esters is 2. The highest BCUT2D eigenvalue weighted by Gasteiger charge is 2.33. The molecule has 16 heteroatoms. The molecule has 35 heavy (non-hydrogen) atoms. The first-order valence-electron chi connectivity index (χ1n) is 10.3. The molecule has 0 N–H and O–H groups in total. The van der Waals surface area contributed by atoms with Crippen molar-refractivity contribution in [1.82, 2.24) is 10.1 Å². The highest BCUT2D eigenvalue weighted by Crippen LogP contribution is 2.12. The molecule has 2 saturated heterocycles. The maximum absolute atomic E-state index is 11.5. The van der Waals surface area contributed by atoms with Gasteiger partial charge in [0.25, 0.3) is 23.6 Å². The molecular weight excluding hydrogens is 480 g/mol. The third kappa shape index (κ3) is 9.46. The SMILES string of the molecule is O=C(CC(=O)OCCOCC(=O)ON1C(=O)CCC1=O)OCCOCC(=O)ON1C(=O)CCC1=O. The summed E-state index contributed by atoms with van der Waals surface area (Å²) in [5, 5.41) is 0.736. The molecular formula is C19H22N2O14. The van der Waals surface area contributed by atoms with Gasteiger partial charge in [0.15, 0.2) is 0 Å². The molecule has 0 spiro atoms. The lowest BCUT2D eigenvalue weighted by Gasteiger charge is -2.12. The second-order valence-electron chi connectivity index (χ2n) is 6.81. The van der Waals surface area contributed by atoms with E-state index in [1.807, 2.05) is 0 Å². The van der Waals surface area contributed by atoms with Crippen LogP contribution in [-0.2, 0) is 67.0 Å². The molecule has 0 aromatic carbocycles. The van der Waals surface area contributed by atoms with Crippen LogP contribution in [-0.4, -0.2) is 97.3 Å². The fraction of sp³-hybridized carbons (Fsp3) is 0.579. The first-order valence-corrected chi connectivity index (χ1v) is 10.3. The molecule has 2 rings (SSSR count). The second-order valence-corrected chi connectivity index (χ2v) is 6.81. The minimum Gasteiger partial charge on any atom is -0.463 e. The summed E-state index contributed by atoms with van der Waals surface area (Å²) in [6, 6.07) is 0. The fourth-order valence-corrected chi connectivity index (χ4v) is 2.53. The quantitative estimate of drug-likeness (QED) is 0.106. The van der Waals surface area contributed by atoms with Crippen molar-refractivity contribution in [3.05, 3.63) is 0 Å². The van der Waals surface area contributed by atoms with E-state index in [0.717, 1.165) is 0 Å². The zero-order chi connectivity index (χ0) is 25.8. The smallest absolute Gasteiger partial charge is 0.358 e. The maximum Gasteiger partial charge on any atom is 0.358 e. The number of hydrogen-bond donors (Lipinski definition) is 0. The van der Waals surface area contributed by atoms with Gasteiger partial charge in [-0.25, -0.2) is 9.59 Å². The Hall–Kier alpha value is -3.92. The molecule has 0 bridgehead atoms. The van der Waals surface area contributed by atoms with Gasteiger partial charge in [0.05, 0.1) is 13.2 Å². The van der Waals surface area contributed by atoms with Gasteiger partial charge < -0.3 is 28.6 Å². The van der Waals surface area contributed by atoms with Crippen molar-refractivity contribution >= 4 is 47.5 Å². The molecule has 2 fully saturated rings. The summed E-state index contributed by atoms with van der Waals surface area (Å²) in [5.41, 5.74) is 0. The van der Waals surface area contributed by atoms with E-state index >= 15 is 0 Å². The van der Waals surface area contributed by atoms with Crippen LogP contribution in [0.5, 0.6) is 0 Å². The van der Waals surface area contributed by atoms with E-state index in [-0.39, 0.29) is 52.1 Å². The molecule has 4 amide bonds. The van der Waals surface area contributed by atoms with Crippen LogP contribution >= 0.6 is 0 Å². The molecule has 0 saturated carbocycles. The largest absolute Gasteiger partial charge is 0.463 e. The molecule has 192 valence electrons. The average Bonchev–Trinajstić information content (AvgIpc) is 3.28. The lowest BCUT2D eigenvalue weighted by molar-refractivity contribution is -0.200. The van der Waals surface area contributed by atoms with Crippen LogP contribution in [0.15, 0.2) is 0 Å². The zero-order valence-corrected chi connectivity index (χ0v) is 18.4. The third-order valence-electron chi connectivity index (χ3n) is 4.11. The molecule has 2 heterocycles. The fourth-order valence-electron chi connectivity index (χ4n) is 2.53. The van der Waals surface area contributed by atoms with E-state index in [0.29, 0.717) is 10.1 Å². The van der Waals surface area contributed by atoms with Crippen LogP contribution in [0, 0.1) is 0 Å². The molecule has 0 aromatic rings. The summed E-state index contributed by atoms with van der Waals surface area (Å²) in [7, 11) is 0. The summed E-state index contributed by atoms with van der Waals surface area (Å²) < 4.78 is 19.2. The van der Waals surface area contributed by atoms with E-state index in [4.69, 9.17) is 18.9 Å². The molecule has 16 nitrogen and oxygen atoms in total. The van der Waals surface area contributed by atoms with Gasteiger partial charge in [-0.1, -0.05) is 0 Å². The van der Waals surface area contributed by atoms with Gasteiger partial charge in [-0.2, -0.15) is 0 Å². The van der Waals surface area contributed by atoms with Crippen molar-refractivity contribution in [2.24, 2.45) is 0 Å². The Morgan fingerprint density at radius 3 is 1.23 bits per heavy atom. The Morgan fingerprint density at radius 1 is 0.543 bits per heavy atom. The van der Waals surface area contributed by atoms with Gasteiger partial charge in [0, 0.05) is 25.7 Å². The van der Waals surface area contributed by atoms with E-state index < -0.39 is 67.1 Å². The summed E-state index contributed by atoms with van der Waals surface area (Å²) in [5.74, 6) is -6.37. The van der Waals surface area contributed by atoms with Crippen molar-refractivity contribution in [3.8, 4) is 0 Å². The average molecular weight is 502 g/mol. The first-order chi connectivity index (χ1) is 16.7. The van der Waals surface area contributed by atoms with Gasteiger partial charge >= 0.3 is 23.9 Å². The standard InChI is InChI=1S/C19H22N2O14/c22-12-1-2-13(23)20(12)34-18(28)10-30-5-7-32-16(26)9-17(27)33-8-6-31-11-19(29)35-21-14(24)3-4-15(21)25/h1-11H2. The lowest BCUT2D eigenvalue weighted by Crippen LogP contribution is -2.33. The highest BCUT2D eigenvalue weighted by atomic mass is 16.7. The minimum absolute atomic E-state index is 0.0434. The summed E-state index contributed by atoms with van der Waals surface area (Å²) in [6.45, 7) is -2.25. The van der Waals surface area contributed by atoms with E-state index in [1.54, 1.807) is 0 Å². The number of imide groups is 2. The Kier molecular flexibility index (Phi) is 10.7. The number of carbonyl (C=O) groups is 8. The third-order valence-corrected chi connectivity index (χ3v) is 4.11. The van der Waals surface area contributed by atoms with Crippen molar-refractivity contribution in [3.63, 3.8) is 0 Å². The number of ether oxygens (including phenoxy) is 4. The van der Waals surface area contributed by atoms with Gasteiger partial charge in [-0.15, -0.1) is 10.1 Å². The number of carbonyl (C=O) groups excluding carboxylic acids is 8. The van der Waals surface area contributed by atoms with Gasteiger partial charge in [-0.05, 0) is 0 Å². The van der Waals surface area contributed by atoms with Gasteiger partial charge in [0.1, 0.15) is 32.8 Å². The Morgan fingerprint density at radius 2 is 0.886 bits per heavy atom. The molecule has 2 aliphatic rings. The molecule has 0 unspecified atom stereocenters. The molecule has 0 aliphatic carbocycles. The van der Waals surface area contributed by atoms with E-state index in [9.17, 15) is 38.4 Å². The summed E-state index contributed by atoms with van der Waals surface area (Å²) >= 11 is 0. The molecule has 0 radical (unpaired) electrons. The summed E-state index contributed by atoms with van der Waals surface area (Å²) in [6.07, 6.45) is -0.894. The van der Waals surface area contributed by atoms with Crippen molar-refractivity contribution < 1.29 is 67.0 Å². The number of hydrogen-bond acceptors (Lipinski definition) is 14. The zero-order valence-electron chi connectivity index (χ0n) is 18.4. The van der Waals surface area contributed by atoms with E-state index in [1.165, 1.54) is 0 Å². The van der Waals surface area contributed by atoms with Crippen LogP contribution in [0.1, 0.15) is 32.1 Å². The van der Waals surface area contributed by atoms with Gasteiger partial charge in [-0.3, -0.25) is 28.8 Å². The number of hydroxylamine groups is 4. The Labute approximate surface area is 197 Å². The predicted molar refractivity (Wildman–Crippen MR) is 103 cm³/mol. The van der Waals surface area contributed by atoms with E-state index in [2.05, 4.69) is 9.68 Å². The number of rotatable bonds is 14. The van der Waals surface area contributed by atoms with Crippen LogP contribution < -0.4 is 0 Å². The second kappa shape index (κ2) is 13.7. The Bertz CT molecular complexity index is 783.